The molecule has 22 heavy (non-hydrogen) atoms. The number of rotatable bonds is 1. The zero-order valence-electron chi connectivity index (χ0n) is 13.4. The maximum atomic E-state index is 12.4. The minimum absolute atomic E-state index is 0.108. The monoisotopic (exact) mass is 302 g/mol. The Labute approximate surface area is 132 Å². The van der Waals surface area contributed by atoms with Gasteiger partial charge in [-0.05, 0) is 62.4 Å². The summed E-state index contributed by atoms with van der Waals surface area (Å²) in [6.07, 6.45) is 9.06. The van der Waals surface area contributed by atoms with E-state index in [0.717, 1.165) is 44.9 Å². The van der Waals surface area contributed by atoms with Crippen molar-refractivity contribution in [2.45, 2.75) is 58.3 Å². The molecule has 0 amide bonds. The largest absolute Gasteiger partial charge is 0.395 e. The molecule has 120 valence electrons. The fourth-order valence-electron chi connectivity index (χ4n) is 6.43. The molecule has 0 aromatic rings. The molecule has 0 radical (unpaired) electrons. The number of hydrogen-bond donors (Lipinski definition) is 1. The highest BCUT2D eigenvalue weighted by molar-refractivity contribution is 5.91. The molecule has 0 saturated heterocycles. The molecular weight excluding hydrogens is 276 g/mol. The van der Waals surface area contributed by atoms with Crippen LogP contribution in [0.2, 0.25) is 0 Å². The SMILES string of the molecule is C[C@]12CC[C@@H]3[C@@H](CCC4=CC(=O)CC[C@@]43CO)[C@@H]1CCC2=O. The Balaban J connectivity index is 1.73. The van der Waals surface area contributed by atoms with Crippen LogP contribution in [-0.2, 0) is 9.59 Å². The van der Waals surface area contributed by atoms with Crippen LogP contribution in [0.1, 0.15) is 58.3 Å². The van der Waals surface area contributed by atoms with E-state index in [1.165, 1.54) is 5.57 Å². The lowest BCUT2D eigenvalue weighted by Gasteiger charge is -2.57. The summed E-state index contributed by atoms with van der Waals surface area (Å²) in [6.45, 7) is 2.36. The predicted molar refractivity (Wildman–Crippen MR) is 83.1 cm³/mol. The van der Waals surface area contributed by atoms with Gasteiger partial charge in [-0.3, -0.25) is 9.59 Å². The molecule has 3 heteroatoms. The minimum Gasteiger partial charge on any atom is -0.395 e. The molecule has 4 aliphatic rings. The van der Waals surface area contributed by atoms with Gasteiger partial charge in [0.05, 0.1) is 6.61 Å². The first kappa shape index (κ1) is 14.6. The number of carbonyl (C=O) groups excluding carboxylic acids is 2. The van der Waals surface area contributed by atoms with Crippen molar-refractivity contribution >= 4 is 11.6 Å². The lowest BCUT2D eigenvalue weighted by molar-refractivity contribution is -0.134. The van der Waals surface area contributed by atoms with Crippen LogP contribution in [0.25, 0.3) is 0 Å². The van der Waals surface area contributed by atoms with Crippen LogP contribution in [0.4, 0.5) is 0 Å². The summed E-state index contributed by atoms with van der Waals surface area (Å²) in [5.41, 5.74) is 0.938. The molecule has 4 aliphatic carbocycles. The van der Waals surface area contributed by atoms with E-state index in [9.17, 15) is 14.7 Å². The van der Waals surface area contributed by atoms with E-state index in [0.29, 0.717) is 30.0 Å². The highest BCUT2D eigenvalue weighted by atomic mass is 16.3. The van der Waals surface area contributed by atoms with Gasteiger partial charge in [0.1, 0.15) is 5.78 Å². The molecular formula is C19H26O3. The fraction of sp³-hybridized carbons (Fsp3) is 0.789. The Kier molecular flexibility index (Phi) is 3.17. The third-order valence-corrected chi connectivity index (χ3v) is 7.68. The molecule has 3 nitrogen and oxygen atoms in total. The molecule has 0 spiro atoms. The molecule has 0 heterocycles. The van der Waals surface area contributed by atoms with Gasteiger partial charge in [0.15, 0.2) is 5.78 Å². The summed E-state index contributed by atoms with van der Waals surface area (Å²) >= 11 is 0. The van der Waals surface area contributed by atoms with Gasteiger partial charge in [0, 0.05) is 23.7 Å². The van der Waals surface area contributed by atoms with E-state index in [-0.39, 0.29) is 23.2 Å². The lowest BCUT2D eigenvalue weighted by atomic mass is 9.47. The van der Waals surface area contributed by atoms with E-state index in [2.05, 4.69) is 6.92 Å². The average Bonchev–Trinajstić information content (AvgIpc) is 2.82. The van der Waals surface area contributed by atoms with E-state index in [1.807, 2.05) is 6.08 Å². The zero-order valence-corrected chi connectivity index (χ0v) is 13.4. The summed E-state index contributed by atoms with van der Waals surface area (Å²) < 4.78 is 0. The Morgan fingerprint density at radius 1 is 1.09 bits per heavy atom. The van der Waals surface area contributed by atoms with Crippen LogP contribution in [0.5, 0.6) is 0 Å². The Hall–Kier alpha value is -0.960. The van der Waals surface area contributed by atoms with E-state index < -0.39 is 0 Å². The van der Waals surface area contributed by atoms with Gasteiger partial charge in [-0.25, -0.2) is 0 Å². The second-order valence-electron chi connectivity index (χ2n) is 8.28. The van der Waals surface area contributed by atoms with Gasteiger partial charge in [-0.1, -0.05) is 12.5 Å². The maximum Gasteiger partial charge on any atom is 0.155 e. The van der Waals surface area contributed by atoms with E-state index >= 15 is 0 Å². The molecule has 0 bridgehead atoms. The molecule has 0 aliphatic heterocycles. The third-order valence-electron chi connectivity index (χ3n) is 7.68. The van der Waals surface area contributed by atoms with Crippen LogP contribution in [-0.4, -0.2) is 23.3 Å². The second kappa shape index (κ2) is 4.77. The fourth-order valence-corrected chi connectivity index (χ4v) is 6.43. The summed E-state index contributed by atoms with van der Waals surface area (Å²) in [5.74, 6) is 2.22. The van der Waals surface area contributed by atoms with Crippen LogP contribution in [0, 0.1) is 28.6 Å². The molecule has 5 atom stereocenters. The Morgan fingerprint density at radius 3 is 2.68 bits per heavy atom. The quantitative estimate of drug-likeness (QED) is 0.810. The maximum absolute atomic E-state index is 12.4. The van der Waals surface area contributed by atoms with Crippen molar-refractivity contribution < 1.29 is 14.7 Å². The number of fused-ring (bicyclic) bond motifs is 5. The van der Waals surface area contributed by atoms with Crippen molar-refractivity contribution in [1.82, 2.24) is 0 Å². The minimum atomic E-state index is -0.163. The normalized spacial score (nSPS) is 47.5. The van der Waals surface area contributed by atoms with E-state index in [1.54, 1.807) is 0 Å². The van der Waals surface area contributed by atoms with Crippen LogP contribution in [0.3, 0.4) is 0 Å². The first-order valence-corrected chi connectivity index (χ1v) is 8.89. The Morgan fingerprint density at radius 2 is 1.91 bits per heavy atom. The van der Waals surface area contributed by atoms with Crippen molar-refractivity contribution in [3.05, 3.63) is 11.6 Å². The first-order chi connectivity index (χ1) is 10.5. The van der Waals surface area contributed by atoms with Crippen molar-refractivity contribution in [1.29, 1.82) is 0 Å². The molecule has 1 N–H and O–H groups in total. The van der Waals surface area contributed by atoms with Crippen LogP contribution < -0.4 is 0 Å². The highest BCUT2D eigenvalue weighted by Gasteiger charge is 2.59. The number of aliphatic hydroxyl groups excluding tert-OH is 1. The third kappa shape index (κ3) is 1.72. The molecule has 3 fully saturated rings. The molecule has 0 unspecified atom stereocenters. The molecule has 0 aromatic heterocycles. The zero-order chi connectivity index (χ0) is 15.5. The van der Waals surface area contributed by atoms with Gasteiger partial charge >= 0.3 is 0 Å². The number of hydrogen-bond acceptors (Lipinski definition) is 3. The number of aliphatic hydroxyl groups is 1. The van der Waals surface area contributed by atoms with Crippen molar-refractivity contribution in [2.75, 3.05) is 6.61 Å². The van der Waals surface area contributed by atoms with Gasteiger partial charge < -0.3 is 5.11 Å². The number of Topliss-reactive ketones (excluding diaryl/α,β-unsaturated/α-hetero) is 1. The topological polar surface area (TPSA) is 54.4 Å². The van der Waals surface area contributed by atoms with Crippen molar-refractivity contribution in [3.63, 3.8) is 0 Å². The first-order valence-electron chi connectivity index (χ1n) is 8.89. The number of ketones is 2. The highest BCUT2D eigenvalue weighted by Crippen LogP contribution is 2.64. The van der Waals surface area contributed by atoms with Crippen LogP contribution in [0.15, 0.2) is 11.6 Å². The van der Waals surface area contributed by atoms with Crippen molar-refractivity contribution in [2.24, 2.45) is 28.6 Å². The summed E-state index contributed by atoms with van der Waals surface area (Å²) in [6, 6.07) is 0. The van der Waals surface area contributed by atoms with Gasteiger partial charge in [-0.15, -0.1) is 0 Å². The standard InChI is InChI=1S/C19H26O3/c1-18-8-7-16-14(15(18)4-5-17(18)22)3-2-12-10-13(21)6-9-19(12,16)11-20/h10,14-16,20H,2-9,11H2,1H3/t14-,15-,16+,18-,19+/m0/s1. The summed E-state index contributed by atoms with van der Waals surface area (Å²) in [7, 11) is 0. The average molecular weight is 302 g/mol. The predicted octanol–water partition coefficient (Wildman–Crippen LogP) is 3.06. The van der Waals surface area contributed by atoms with Gasteiger partial charge in [-0.2, -0.15) is 0 Å². The van der Waals surface area contributed by atoms with Gasteiger partial charge in [0.2, 0.25) is 0 Å². The Bertz CT molecular complexity index is 563. The lowest BCUT2D eigenvalue weighted by Crippen LogP contribution is -2.53. The van der Waals surface area contributed by atoms with Gasteiger partial charge in [0.25, 0.3) is 0 Å². The summed E-state index contributed by atoms with van der Waals surface area (Å²) in [4.78, 5) is 24.2. The van der Waals surface area contributed by atoms with Crippen molar-refractivity contribution in [3.8, 4) is 0 Å². The number of carbonyl (C=O) groups is 2. The smallest absolute Gasteiger partial charge is 0.155 e. The van der Waals surface area contributed by atoms with Crippen LogP contribution >= 0.6 is 0 Å². The van der Waals surface area contributed by atoms with E-state index in [4.69, 9.17) is 0 Å². The molecule has 0 aromatic carbocycles. The molecule has 4 rings (SSSR count). The second-order valence-corrected chi connectivity index (χ2v) is 8.28. The molecule has 3 saturated carbocycles. The summed E-state index contributed by atoms with van der Waals surface area (Å²) in [5, 5.41) is 10.2.